The highest BCUT2D eigenvalue weighted by atomic mass is 79.9. The number of hydrogen-bond donors (Lipinski definition) is 0. The molecule has 1 aliphatic heterocycles. The van der Waals surface area contributed by atoms with Crippen molar-refractivity contribution in [3.8, 4) is 0 Å². The summed E-state index contributed by atoms with van der Waals surface area (Å²) in [6, 6.07) is 7.33. The van der Waals surface area contributed by atoms with Gasteiger partial charge in [-0.1, -0.05) is 28.1 Å². The highest BCUT2D eigenvalue weighted by Crippen LogP contribution is 2.23. The van der Waals surface area contributed by atoms with Gasteiger partial charge in [0.2, 0.25) is 0 Å². The lowest BCUT2D eigenvalue weighted by atomic mass is 9.97. The highest BCUT2D eigenvalue weighted by molar-refractivity contribution is 9.10. The number of ether oxygens (including phenoxy) is 1. The zero-order chi connectivity index (χ0) is 15.6. The van der Waals surface area contributed by atoms with E-state index in [0.717, 1.165) is 4.47 Å². The summed E-state index contributed by atoms with van der Waals surface area (Å²) in [6.45, 7) is 6.52. The van der Waals surface area contributed by atoms with Crippen LogP contribution in [0.15, 0.2) is 28.7 Å². The number of likely N-dealkylation sites (tertiary alicyclic amines) is 1. The highest BCUT2D eigenvalue weighted by Gasteiger charge is 2.33. The van der Waals surface area contributed by atoms with Gasteiger partial charge in [0.1, 0.15) is 5.60 Å². The smallest absolute Gasteiger partial charge is 0.410 e. The summed E-state index contributed by atoms with van der Waals surface area (Å²) >= 11 is 3.35. The van der Waals surface area contributed by atoms with Crippen molar-refractivity contribution in [2.45, 2.75) is 32.8 Å². The van der Waals surface area contributed by atoms with Crippen molar-refractivity contribution in [1.82, 2.24) is 4.90 Å². The molecule has 1 aromatic carbocycles. The minimum Gasteiger partial charge on any atom is -0.444 e. The van der Waals surface area contributed by atoms with Gasteiger partial charge in [-0.25, -0.2) is 4.79 Å². The van der Waals surface area contributed by atoms with Crippen molar-refractivity contribution >= 4 is 27.8 Å². The largest absolute Gasteiger partial charge is 0.444 e. The SMILES string of the molecule is CC(C)(C)OC(=O)N1CC[C@H](C(=O)c2ccc(Br)cc2)C1. The Bertz CT molecular complexity index is 533. The molecule has 0 bridgehead atoms. The van der Waals surface area contributed by atoms with E-state index in [2.05, 4.69) is 15.9 Å². The second kappa shape index (κ2) is 6.18. The molecule has 2 rings (SSSR count). The van der Waals surface area contributed by atoms with Crippen LogP contribution in [-0.4, -0.2) is 35.5 Å². The first-order valence-corrected chi connectivity index (χ1v) is 7.83. The molecule has 1 atom stereocenters. The molecule has 0 radical (unpaired) electrons. The fourth-order valence-corrected chi connectivity index (χ4v) is 2.58. The molecule has 1 aliphatic rings. The van der Waals surface area contributed by atoms with Crippen LogP contribution >= 0.6 is 15.9 Å². The number of carbonyl (C=O) groups excluding carboxylic acids is 2. The third kappa shape index (κ3) is 4.30. The number of amides is 1. The van der Waals surface area contributed by atoms with E-state index in [4.69, 9.17) is 4.74 Å². The summed E-state index contributed by atoms with van der Waals surface area (Å²) in [5.74, 6) is -0.0488. The van der Waals surface area contributed by atoms with Gasteiger partial charge in [-0.05, 0) is 39.3 Å². The van der Waals surface area contributed by atoms with E-state index < -0.39 is 5.60 Å². The predicted octanol–water partition coefficient (Wildman–Crippen LogP) is 3.89. The third-order valence-electron chi connectivity index (χ3n) is 3.34. The van der Waals surface area contributed by atoms with Gasteiger partial charge in [-0.2, -0.15) is 0 Å². The second-order valence-electron chi connectivity index (χ2n) is 6.28. The van der Waals surface area contributed by atoms with Crippen molar-refractivity contribution in [3.63, 3.8) is 0 Å². The standard InChI is InChI=1S/C16H20BrNO3/c1-16(2,3)21-15(20)18-9-8-12(10-18)14(19)11-4-6-13(17)7-5-11/h4-7,12H,8-10H2,1-3H3/t12-/m0/s1. The lowest BCUT2D eigenvalue weighted by Gasteiger charge is -2.24. The summed E-state index contributed by atoms with van der Waals surface area (Å²) in [5.41, 5.74) is 0.180. The van der Waals surface area contributed by atoms with E-state index in [-0.39, 0.29) is 17.8 Å². The maximum Gasteiger partial charge on any atom is 0.410 e. The van der Waals surface area contributed by atoms with Gasteiger partial charge in [-0.3, -0.25) is 4.79 Å². The van der Waals surface area contributed by atoms with Crippen LogP contribution in [0.1, 0.15) is 37.6 Å². The molecule has 1 heterocycles. The van der Waals surface area contributed by atoms with E-state index in [9.17, 15) is 9.59 Å². The molecule has 0 saturated carbocycles. The van der Waals surface area contributed by atoms with Crippen LogP contribution in [0, 0.1) is 5.92 Å². The van der Waals surface area contributed by atoms with Crippen LogP contribution in [0.25, 0.3) is 0 Å². The number of rotatable bonds is 2. The summed E-state index contributed by atoms with van der Waals surface area (Å²) in [4.78, 5) is 26.0. The number of carbonyl (C=O) groups is 2. The predicted molar refractivity (Wildman–Crippen MR) is 84.4 cm³/mol. The topological polar surface area (TPSA) is 46.6 Å². The van der Waals surface area contributed by atoms with Gasteiger partial charge >= 0.3 is 6.09 Å². The van der Waals surface area contributed by atoms with Crippen LogP contribution in [0.4, 0.5) is 4.79 Å². The number of halogens is 1. The Labute approximate surface area is 133 Å². The van der Waals surface area contributed by atoms with E-state index in [1.165, 1.54) is 0 Å². The monoisotopic (exact) mass is 353 g/mol. The van der Waals surface area contributed by atoms with Crippen LogP contribution in [0.3, 0.4) is 0 Å². The molecule has 1 saturated heterocycles. The van der Waals surface area contributed by atoms with E-state index in [1.807, 2.05) is 45.0 Å². The molecular formula is C16H20BrNO3. The number of hydrogen-bond acceptors (Lipinski definition) is 3. The maximum absolute atomic E-state index is 12.4. The van der Waals surface area contributed by atoms with Crippen LogP contribution in [-0.2, 0) is 4.74 Å². The van der Waals surface area contributed by atoms with Gasteiger partial charge < -0.3 is 9.64 Å². The number of ketones is 1. The Hall–Kier alpha value is -1.36. The van der Waals surface area contributed by atoms with Crippen LogP contribution in [0.5, 0.6) is 0 Å². The molecule has 0 unspecified atom stereocenters. The number of benzene rings is 1. The van der Waals surface area contributed by atoms with Gasteiger partial charge in [0.05, 0.1) is 0 Å². The first-order chi connectivity index (χ1) is 9.76. The average molecular weight is 354 g/mol. The molecule has 0 N–H and O–H groups in total. The van der Waals surface area contributed by atoms with E-state index in [1.54, 1.807) is 4.90 Å². The Kier molecular flexibility index (Phi) is 4.71. The quantitative estimate of drug-likeness (QED) is 0.757. The van der Waals surface area contributed by atoms with Crippen molar-refractivity contribution in [1.29, 1.82) is 0 Å². The molecule has 1 fully saturated rings. The first-order valence-electron chi connectivity index (χ1n) is 7.04. The molecule has 21 heavy (non-hydrogen) atoms. The summed E-state index contributed by atoms with van der Waals surface area (Å²) in [6.07, 6.45) is 0.349. The normalized spacial score (nSPS) is 18.7. The van der Waals surface area contributed by atoms with Crippen molar-refractivity contribution in [3.05, 3.63) is 34.3 Å². The van der Waals surface area contributed by atoms with Gasteiger partial charge in [0.25, 0.3) is 0 Å². The molecule has 1 aromatic rings. The first kappa shape index (κ1) is 16.0. The zero-order valence-electron chi connectivity index (χ0n) is 12.6. The zero-order valence-corrected chi connectivity index (χ0v) is 14.1. The third-order valence-corrected chi connectivity index (χ3v) is 3.87. The Morgan fingerprint density at radius 3 is 2.43 bits per heavy atom. The minimum atomic E-state index is -0.509. The molecule has 0 aromatic heterocycles. The van der Waals surface area contributed by atoms with Gasteiger partial charge in [-0.15, -0.1) is 0 Å². The van der Waals surface area contributed by atoms with Crippen LogP contribution in [0.2, 0.25) is 0 Å². The Balaban J connectivity index is 1.97. The summed E-state index contributed by atoms with van der Waals surface area (Å²) in [7, 11) is 0. The number of nitrogens with zero attached hydrogens (tertiary/aromatic N) is 1. The van der Waals surface area contributed by atoms with Crippen molar-refractivity contribution < 1.29 is 14.3 Å². The number of Topliss-reactive ketones (excluding diaryl/α,β-unsaturated/α-hetero) is 1. The fraction of sp³-hybridized carbons (Fsp3) is 0.500. The lowest BCUT2D eigenvalue weighted by Crippen LogP contribution is -2.35. The Morgan fingerprint density at radius 1 is 1.24 bits per heavy atom. The van der Waals surface area contributed by atoms with E-state index in [0.29, 0.717) is 25.1 Å². The summed E-state index contributed by atoms with van der Waals surface area (Å²) < 4.78 is 6.29. The average Bonchev–Trinajstić information content (AvgIpc) is 2.86. The van der Waals surface area contributed by atoms with Crippen molar-refractivity contribution in [2.75, 3.05) is 13.1 Å². The lowest BCUT2D eigenvalue weighted by molar-refractivity contribution is 0.0289. The van der Waals surface area contributed by atoms with Gasteiger partial charge in [0.15, 0.2) is 5.78 Å². The van der Waals surface area contributed by atoms with Crippen LogP contribution < -0.4 is 0 Å². The molecule has 5 heteroatoms. The molecule has 4 nitrogen and oxygen atoms in total. The Morgan fingerprint density at radius 2 is 1.86 bits per heavy atom. The fourth-order valence-electron chi connectivity index (χ4n) is 2.32. The maximum atomic E-state index is 12.4. The summed E-state index contributed by atoms with van der Waals surface area (Å²) in [5, 5.41) is 0. The minimum absolute atomic E-state index is 0.0913. The van der Waals surface area contributed by atoms with E-state index >= 15 is 0 Å². The molecule has 0 aliphatic carbocycles. The van der Waals surface area contributed by atoms with Gasteiger partial charge in [0, 0.05) is 29.0 Å². The molecule has 0 spiro atoms. The molecular weight excluding hydrogens is 334 g/mol. The van der Waals surface area contributed by atoms with Crippen molar-refractivity contribution in [2.24, 2.45) is 5.92 Å². The second-order valence-corrected chi connectivity index (χ2v) is 7.20. The molecule has 1 amide bonds. The molecule has 114 valence electrons.